The molecule has 0 spiro atoms. The van der Waals surface area contributed by atoms with Crippen LogP contribution in [0.25, 0.3) is 0 Å². The predicted molar refractivity (Wildman–Crippen MR) is 86.0 cm³/mol. The van der Waals surface area contributed by atoms with Crippen LogP contribution >= 0.6 is 0 Å². The maximum Gasteiger partial charge on any atom is 0.261 e. The van der Waals surface area contributed by atoms with Crippen LogP contribution in [0.1, 0.15) is 17.3 Å². The van der Waals surface area contributed by atoms with Crippen molar-refractivity contribution < 1.29 is 19.4 Å². The fraction of sp³-hybridized carbons (Fsp3) is 0.176. The van der Waals surface area contributed by atoms with Gasteiger partial charge in [0.2, 0.25) is 5.91 Å². The fourth-order valence-electron chi connectivity index (χ4n) is 2.60. The van der Waals surface area contributed by atoms with Crippen molar-refractivity contribution in [2.24, 2.45) is 0 Å². The van der Waals surface area contributed by atoms with Crippen molar-refractivity contribution in [3.05, 3.63) is 48.0 Å². The highest BCUT2D eigenvalue weighted by molar-refractivity contribution is 6.18. The normalized spacial score (nSPS) is 17.3. The summed E-state index contributed by atoms with van der Waals surface area (Å²) in [4.78, 5) is 26.8. The van der Waals surface area contributed by atoms with Gasteiger partial charge in [0.1, 0.15) is 6.04 Å². The molecule has 0 saturated carbocycles. The Morgan fingerprint density at radius 2 is 1.87 bits per heavy atom. The number of ether oxygens (including phenoxy) is 1. The third-order valence-corrected chi connectivity index (χ3v) is 3.83. The molecule has 2 amide bonds. The number of amides is 2. The van der Waals surface area contributed by atoms with Gasteiger partial charge < -0.3 is 15.2 Å². The molecule has 0 saturated heterocycles. The van der Waals surface area contributed by atoms with Gasteiger partial charge in [-0.05, 0) is 25.1 Å². The Bertz CT molecular complexity index is 774. The van der Waals surface area contributed by atoms with Gasteiger partial charge in [-0.15, -0.1) is 0 Å². The number of phenols is 1. The lowest BCUT2D eigenvalue weighted by Gasteiger charge is -2.25. The summed E-state index contributed by atoms with van der Waals surface area (Å²) in [6, 6.07) is 11.0. The number of methoxy groups -OCH3 is 1. The van der Waals surface area contributed by atoms with E-state index >= 15 is 0 Å². The number of anilines is 2. The fourth-order valence-corrected chi connectivity index (χ4v) is 2.60. The maximum absolute atomic E-state index is 13.0. The van der Waals surface area contributed by atoms with E-state index in [1.165, 1.54) is 24.1 Å². The van der Waals surface area contributed by atoms with Gasteiger partial charge >= 0.3 is 0 Å². The molecule has 1 aliphatic rings. The van der Waals surface area contributed by atoms with Crippen molar-refractivity contribution in [3.8, 4) is 11.5 Å². The molecule has 1 heterocycles. The van der Waals surface area contributed by atoms with E-state index in [9.17, 15) is 14.7 Å². The lowest BCUT2D eigenvalue weighted by atomic mass is 10.1. The van der Waals surface area contributed by atoms with E-state index < -0.39 is 6.04 Å². The van der Waals surface area contributed by atoms with E-state index in [2.05, 4.69) is 5.32 Å². The van der Waals surface area contributed by atoms with Gasteiger partial charge in [0.05, 0.1) is 18.4 Å². The predicted octanol–water partition coefficient (Wildman–Crippen LogP) is 2.39. The second-order valence-electron chi connectivity index (χ2n) is 5.25. The Hall–Kier alpha value is -3.02. The number of hydrogen-bond donors (Lipinski definition) is 2. The van der Waals surface area contributed by atoms with Gasteiger partial charge in [0.25, 0.3) is 5.91 Å². The van der Waals surface area contributed by atoms with Crippen molar-refractivity contribution in [1.82, 2.24) is 0 Å². The molecule has 0 unspecified atom stereocenters. The molecule has 6 heteroatoms. The third-order valence-electron chi connectivity index (χ3n) is 3.83. The molecule has 0 radical (unpaired) electrons. The van der Waals surface area contributed by atoms with Crippen LogP contribution in [0.15, 0.2) is 42.5 Å². The number of fused-ring (bicyclic) bond motifs is 1. The van der Waals surface area contributed by atoms with Crippen molar-refractivity contribution in [2.75, 3.05) is 17.3 Å². The van der Waals surface area contributed by atoms with Crippen LogP contribution in [-0.2, 0) is 4.79 Å². The van der Waals surface area contributed by atoms with Crippen molar-refractivity contribution >= 4 is 23.2 Å². The van der Waals surface area contributed by atoms with E-state index in [0.29, 0.717) is 5.69 Å². The SMILES string of the molecule is COc1cc2c(cc1O)NC(=O)[C@H](C)N(c1ccccc1)C2=O. The summed E-state index contributed by atoms with van der Waals surface area (Å²) < 4.78 is 5.06. The monoisotopic (exact) mass is 312 g/mol. The highest BCUT2D eigenvalue weighted by Crippen LogP contribution is 2.35. The zero-order chi connectivity index (χ0) is 16.6. The number of nitrogens with zero attached hydrogens (tertiary/aromatic N) is 1. The summed E-state index contributed by atoms with van der Waals surface area (Å²) in [6.07, 6.45) is 0. The Balaban J connectivity index is 2.17. The largest absolute Gasteiger partial charge is 0.504 e. The third kappa shape index (κ3) is 2.48. The van der Waals surface area contributed by atoms with E-state index in [-0.39, 0.29) is 34.6 Å². The number of nitrogens with one attached hydrogen (secondary N) is 1. The van der Waals surface area contributed by atoms with Gasteiger partial charge in [-0.3, -0.25) is 14.5 Å². The number of rotatable bonds is 2. The van der Waals surface area contributed by atoms with Crippen molar-refractivity contribution in [2.45, 2.75) is 13.0 Å². The van der Waals surface area contributed by atoms with E-state index in [0.717, 1.165) is 0 Å². The summed E-state index contributed by atoms with van der Waals surface area (Å²) >= 11 is 0. The number of hydrogen-bond acceptors (Lipinski definition) is 4. The molecule has 6 nitrogen and oxygen atoms in total. The minimum absolute atomic E-state index is 0.139. The summed E-state index contributed by atoms with van der Waals surface area (Å²) in [5.41, 5.74) is 1.16. The summed E-state index contributed by atoms with van der Waals surface area (Å²) in [5, 5.41) is 12.6. The van der Waals surface area contributed by atoms with Crippen molar-refractivity contribution in [1.29, 1.82) is 0 Å². The first kappa shape index (κ1) is 14.9. The smallest absolute Gasteiger partial charge is 0.261 e. The van der Waals surface area contributed by atoms with Crippen LogP contribution < -0.4 is 15.0 Å². The van der Waals surface area contributed by atoms with Gasteiger partial charge in [-0.2, -0.15) is 0 Å². The number of phenolic OH excluding ortho intramolecular Hbond substituents is 1. The molecule has 0 bridgehead atoms. The molecular weight excluding hydrogens is 296 g/mol. The Kier molecular flexibility index (Phi) is 3.65. The van der Waals surface area contributed by atoms with Crippen LogP contribution in [0.3, 0.4) is 0 Å². The second-order valence-corrected chi connectivity index (χ2v) is 5.25. The highest BCUT2D eigenvalue weighted by atomic mass is 16.5. The van der Waals surface area contributed by atoms with E-state index in [1.807, 2.05) is 6.07 Å². The second kappa shape index (κ2) is 5.64. The van der Waals surface area contributed by atoms with Gasteiger partial charge in [-0.1, -0.05) is 18.2 Å². The highest BCUT2D eigenvalue weighted by Gasteiger charge is 2.34. The van der Waals surface area contributed by atoms with Crippen LogP contribution in [0.5, 0.6) is 11.5 Å². The Morgan fingerprint density at radius 1 is 1.17 bits per heavy atom. The first-order chi connectivity index (χ1) is 11.0. The van der Waals surface area contributed by atoms with Gasteiger partial charge in [0, 0.05) is 11.8 Å². The molecule has 23 heavy (non-hydrogen) atoms. The summed E-state index contributed by atoms with van der Waals surface area (Å²) in [5.74, 6) is -0.630. The Labute approximate surface area is 133 Å². The van der Waals surface area contributed by atoms with Crippen LogP contribution in [0.2, 0.25) is 0 Å². The average molecular weight is 312 g/mol. The average Bonchev–Trinajstić information content (AvgIpc) is 2.63. The Morgan fingerprint density at radius 3 is 2.52 bits per heavy atom. The lowest BCUT2D eigenvalue weighted by Crippen LogP contribution is -2.43. The number of aromatic hydroxyl groups is 1. The molecule has 1 atom stereocenters. The standard InChI is InChI=1S/C17H16N2O4/c1-10-16(21)18-13-9-14(20)15(23-2)8-12(13)17(22)19(10)11-6-4-3-5-7-11/h3-10,20H,1-2H3,(H,18,21)/t10-/m0/s1. The molecule has 2 aromatic rings. The molecule has 3 rings (SSSR count). The molecule has 2 aromatic carbocycles. The molecule has 0 aliphatic carbocycles. The van der Waals surface area contributed by atoms with Crippen LogP contribution in [-0.4, -0.2) is 30.1 Å². The minimum Gasteiger partial charge on any atom is -0.504 e. The van der Waals surface area contributed by atoms with E-state index in [1.54, 1.807) is 31.2 Å². The molecule has 118 valence electrons. The molecule has 2 N–H and O–H groups in total. The first-order valence-electron chi connectivity index (χ1n) is 7.13. The minimum atomic E-state index is -0.689. The number of carbonyl (C=O) groups is 2. The number of carbonyl (C=O) groups excluding carboxylic acids is 2. The number of benzene rings is 2. The first-order valence-corrected chi connectivity index (χ1v) is 7.13. The summed E-state index contributed by atoms with van der Waals surface area (Å²) in [6.45, 7) is 1.66. The molecule has 0 fully saturated rings. The van der Waals surface area contributed by atoms with Gasteiger partial charge in [-0.25, -0.2) is 0 Å². The topological polar surface area (TPSA) is 78.9 Å². The van der Waals surface area contributed by atoms with Crippen LogP contribution in [0.4, 0.5) is 11.4 Å². The zero-order valence-electron chi connectivity index (χ0n) is 12.7. The summed E-state index contributed by atoms with van der Waals surface area (Å²) in [7, 11) is 1.40. The van der Waals surface area contributed by atoms with Crippen LogP contribution in [0, 0.1) is 0 Å². The van der Waals surface area contributed by atoms with Crippen molar-refractivity contribution in [3.63, 3.8) is 0 Å². The zero-order valence-corrected chi connectivity index (χ0v) is 12.7. The quantitative estimate of drug-likeness (QED) is 0.892. The van der Waals surface area contributed by atoms with E-state index in [4.69, 9.17) is 4.74 Å². The molecular formula is C17H16N2O4. The number of para-hydroxylation sites is 1. The lowest BCUT2D eigenvalue weighted by molar-refractivity contribution is -0.117. The maximum atomic E-state index is 13.0. The molecule has 0 aromatic heterocycles. The molecule has 1 aliphatic heterocycles. The van der Waals surface area contributed by atoms with Gasteiger partial charge in [0.15, 0.2) is 11.5 Å².